The van der Waals surface area contributed by atoms with Gasteiger partial charge in [-0.15, -0.1) is 0 Å². The molecule has 0 saturated carbocycles. The number of imidazole rings is 1. The van der Waals surface area contributed by atoms with Crippen molar-refractivity contribution in [3.05, 3.63) is 54.1 Å². The van der Waals surface area contributed by atoms with Crippen LogP contribution in [0.3, 0.4) is 0 Å². The van der Waals surface area contributed by atoms with E-state index >= 15 is 0 Å². The minimum Gasteiger partial charge on any atom is -0.363 e. The summed E-state index contributed by atoms with van der Waals surface area (Å²) in [6, 6.07) is 6.40. The number of aryl methyl sites for hydroxylation is 1. The summed E-state index contributed by atoms with van der Waals surface area (Å²) >= 11 is 0. The lowest BCUT2D eigenvalue weighted by Crippen LogP contribution is -2.12. The maximum atomic E-state index is 11.2. The summed E-state index contributed by atoms with van der Waals surface area (Å²) in [4.78, 5) is 8.70. The van der Waals surface area contributed by atoms with Gasteiger partial charge in [-0.3, -0.25) is 4.40 Å². The molecule has 0 aliphatic carbocycles. The molecule has 0 aliphatic rings. The highest BCUT2D eigenvalue weighted by Gasteiger charge is 2.08. The fourth-order valence-electron chi connectivity index (χ4n) is 2.15. The highest BCUT2D eigenvalue weighted by atomic mass is 32.2. The normalized spacial score (nSPS) is 11.7. The number of nitrogens with two attached hydrogens (primary N) is 1. The fraction of sp³-hybridized carbons (Fsp3) is 0.143. The first-order chi connectivity index (χ1) is 10.4. The van der Waals surface area contributed by atoms with Crippen LogP contribution in [-0.4, -0.2) is 22.8 Å². The number of fused-ring (bicyclic) bond motifs is 1. The summed E-state index contributed by atoms with van der Waals surface area (Å²) < 4.78 is 24.4. The topological polar surface area (TPSA) is 102 Å². The molecule has 3 rings (SSSR count). The Bertz CT molecular complexity index is 916. The van der Waals surface area contributed by atoms with Crippen molar-refractivity contribution in [2.45, 2.75) is 18.4 Å². The number of hydrogen-bond acceptors (Lipinski definition) is 5. The average Bonchev–Trinajstić information content (AvgIpc) is 2.87. The molecule has 7 nitrogen and oxygen atoms in total. The van der Waals surface area contributed by atoms with Crippen molar-refractivity contribution < 1.29 is 8.42 Å². The second-order valence-corrected chi connectivity index (χ2v) is 6.47. The van der Waals surface area contributed by atoms with E-state index in [2.05, 4.69) is 15.3 Å². The third kappa shape index (κ3) is 2.78. The Labute approximate surface area is 127 Å². The van der Waals surface area contributed by atoms with E-state index in [1.165, 1.54) is 12.1 Å². The average molecular weight is 317 g/mol. The van der Waals surface area contributed by atoms with Crippen molar-refractivity contribution in [2.75, 3.05) is 5.32 Å². The number of hydrogen-bond donors (Lipinski definition) is 2. The molecule has 1 aromatic carbocycles. The van der Waals surface area contributed by atoms with Crippen LogP contribution in [0, 0.1) is 6.92 Å². The number of primary sulfonamides is 1. The van der Waals surface area contributed by atoms with E-state index < -0.39 is 10.0 Å². The molecule has 0 amide bonds. The predicted molar refractivity (Wildman–Crippen MR) is 82.9 cm³/mol. The fourth-order valence-corrected chi connectivity index (χ4v) is 2.66. The third-order valence-corrected chi connectivity index (χ3v) is 4.25. The van der Waals surface area contributed by atoms with Gasteiger partial charge in [-0.2, -0.15) is 0 Å². The van der Waals surface area contributed by atoms with Gasteiger partial charge in [0.1, 0.15) is 0 Å². The summed E-state index contributed by atoms with van der Waals surface area (Å²) in [6.45, 7) is 2.47. The lowest BCUT2D eigenvalue weighted by atomic mass is 10.2. The van der Waals surface area contributed by atoms with Crippen LogP contribution in [0.2, 0.25) is 0 Å². The van der Waals surface area contributed by atoms with E-state index in [9.17, 15) is 8.42 Å². The van der Waals surface area contributed by atoms with Gasteiger partial charge < -0.3 is 5.32 Å². The van der Waals surface area contributed by atoms with Gasteiger partial charge in [0.25, 0.3) is 0 Å². The van der Waals surface area contributed by atoms with Crippen LogP contribution in [-0.2, 0) is 16.6 Å². The monoisotopic (exact) mass is 317 g/mol. The molecule has 0 radical (unpaired) electrons. The van der Waals surface area contributed by atoms with E-state index in [0.29, 0.717) is 12.4 Å². The largest absolute Gasteiger partial charge is 0.363 e. The maximum Gasteiger partial charge on any atom is 0.238 e. The molecule has 8 heteroatoms. The molecule has 0 atom stereocenters. The number of anilines is 1. The van der Waals surface area contributed by atoms with E-state index in [1.54, 1.807) is 24.5 Å². The van der Waals surface area contributed by atoms with Crippen LogP contribution in [0.1, 0.15) is 11.3 Å². The van der Waals surface area contributed by atoms with Crippen LogP contribution < -0.4 is 10.5 Å². The van der Waals surface area contributed by atoms with Gasteiger partial charge >= 0.3 is 0 Å². The molecule has 114 valence electrons. The van der Waals surface area contributed by atoms with Crippen molar-refractivity contribution >= 4 is 21.5 Å². The van der Waals surface area contributed by atoms with Crippen molar-refractivity contribution in [3.63, 3.8) is 0 Å². The second-order valence-electron chi connectivity index (χ2n) is 4.91. The maximum absolute atomic E-state index is 11.2. The molecular formula is C14H15N5O2S. The zero-order valence-electron chi connectivity index (χ0n) is 11.9. The third-order valence-electron chi connectivity index (χ3n) is 3.32. The van der Waals surface area contributed by atoms with Gasteiger partial charge in [0.2, 0.25) is 10.0 Å². The molecule has 0 bridgehead atoms. The molecule has 3 aromatic rings. The minimum absolute atomic E-state index is 0.0976. The Hall–Kier alpha value is -2.45. The van der Waals surface area contributed by atoms with Crippen molar-refractivity contribution in [1.82, 2.24) is 14.4 Å². The smallest absolute Gasteiger partial charge is 0.238 e. The lowest BCUT2D eigenvalue weighted by Gasteiger charge is -2.07. The van der Waals surface area contributed by atoms with E-state index in [4.69, 9.17) is 5.14 Å². The molecule has 0 saturated heterocycles. The second kappa shape index (κ2) is 5.39. The highest BCUT2D eigenvalue weighted by Crippen LogP contribution is 2.15. The standard InChI is InChI=1S/C14H15N5O2S/c1-10-8-18-14-13(16-6-7-19(10)14)17-9-11-2-4-12(5-3-11)22(15,20)21/h2-8H,9H2,1H3,(H,16,17)(H2,15,20,21). The van der Waals surface area contributed by atoms with Gasteiger partial charge in [-0.05, 0) is 24.6 Å². The Kier molecular flexibility index (Phi) is 3.55. The number of aromatic nitrogens is 3. The Morgan fingerprint density at radius 3 is 2.64 bits per heavy atom. The zero-order chi connectivity index (χ0) is 15.7. The quantitative estimate of drug-likeness (QED) is 0.755. The van der Waals surface area contributed by atoms with Gasteiger partial charge in [0, 0.05) is 30.8 Å². The van der Waals surface area contributed by atoms with Crippen LogP contribution in [0.25, 0.3) is 5.65 Å². The summed E-state index contributed by atoms with van der Waals surface area (Å²) in [5.41, 5.74) is 2.69. The van der Waals surface area contributed by atoms with Gasteiger partial charge in [-0.1, -0.05) is 12.1 Å². The molecule has 3 N–H and O–H groups in total. The number of sulfonamides is 1. The van der Waals surface area contributed by atoms with E-state index in [1.807, 2.05) is 17.5 Å². The molecule has 2 aromatic heterocycles. The van der Waals surface area contributed by atoms with Crippen LogP contribution >= 0.6 is 0 Å². The Balaban J connectivity index is 1.79. The molecule has 2 heterocycles. The minimum atomic E-state index is -3.66. The van der Waals surface area contributed by atoms with Gasteiger partial charge in [0.15, 0.2) is 11.5 Å². The van der Waals surface area contributed by atoms with Crippen molar-refractivity contribution in [2.24, 2.45) is 5.14 Å². The molecule has 0 unspecified atom stereocenters. The highest BCUT2D eigenvalue weighted by molar-refractivity contribution is 7.89. The van der Waals surface area contributed by atoms with Gasteiger partial charge in [0.05, 0.1) is 4.90 Å². The first kappa shape index (κ1) is 14.5. The number of benzene rings is 1. The van der Waals surface area contributed by atoms with Crippen molar-refractivity contribution in [1.29, 1.82) is 0 Å². The van der Waals surface area contributed by atoms with E-state index in [-0.39, 0.29) is 4.90 Å². The molecule has 22 heavy (non-hydrogen) atoms. The zero-order valence-corrected chi connectivity index (χ0v) is 12.7. The number of nitrogens with one attached hydrogen (secondary N) is 1. The van der Waals surface area contributed by atoms with Crippen LogP contribution in [0.5, 0.6) is 0 Å². The summed E-state index contributed by atoms with van der Waals surface area (Å²) in [6.07, 6.45) is 5.33. The Morgan fingerprint density at radius 2 is 1.95 bits per heavy atom. The molecular weight excluding hydrogens is 302 g/mol. The van der Waals surface area contributed by atoms with Gasteiger partial charge in [-0.25, -0.2) is 23.5 Å². The summed E-state index contributed by atoms with van der Waals surface area (Å²) in [7, 11) is -3.66. The van der Waals surface area contributed by atoms with Crippen molar-refractivity contribution in [3.8, 4) is 0 Å². The first-order valence-electron chi connectivity index (χ1n) is 6.59. The van der Waals surface area contributed by atoms with E-state index in [0.717, 1.165) is 16.9 Å². The predicted octanol–water partition coefficient (Wildman–Crippen LogP) is 1.30. The molecule has 0 spiro atoms. The molecule has 0 fully saturated rings. The van der Waals surface area contributed by atoms with Crippen LogP contribution in [0.4, 0.5) is 5.82 Å². The first-order valence-corrected chi connectivity index (χ1v) is 8.14. The lowest BCUT2D eigenvalue weighted by molar-refractivity contribution is 0.598. The SMILES string of the molecule is Cc1cnc2c(NCc3ccc(S(N)(=O)=O)cc3)nccn12. The number of nitrogens with zero attached hydrogens (tertiary/aromatic N) is 3. The summed E-state index contributed by atoms with van der Waals surface area (Å²) in [5, 5.41) is 8.27. The molecule has 0 aliphatic heterocycles. The summed E-state index contributed by atoms with van der Waals surface area (Å²) in [5.74, 6) is 0.672. The van der Waals surface area contributed by atoms with Crippen LogP contribution in [0.15, 0.2) is 47.8 Å². The number of rotatable bonds is 4. The Morgan fingerprint density at radius 1 is 1.23 bits per heavy atom.